The van der Waals surface area contributed by atoms with E-state index in [1.807, 2.05) is 13.8 Å². The molecule has 0 bridgehead atoms. The Hall–Kier alpha value is -0.870. The maximum absolute atomic E-state index is 12.6. The van der Waals surface area contributed by atoms with Crippen molar-refractivity contribution in [2.45, 2.75) is 49.7 Å². The molecule has 5 heteroatoms. The van der Waals surface area contributed by atoms with E-state index in [9.17, 15) is 13.2 Å². The van der Waals surface area contributed by atoms with Crippen molar-refractivity contribution in [2.24, 2.45) is 0 Å². The predicted molar refractivity (Wildman–Crippen MR) is 75.7 cm³/mol. The molecular formula is C14H17ClO3S. The van der Waals surface area contributed by atoms with Crippen molar-refractivity contribution >= 4 is 26.7 Å². The van der Waals surface area contributed by atoms with Gasteiger partial charge in [-0.25, -0.2) is 8.42 Å². The van der Waals surface area contributed by atoms with Crippen LogP contribution >= 0.6 is 11.6 Å². The van der Waals surface area contributed by atoms with Crippen molar-refractivity contribution in [1.29, 1.82) is 0 Å². The number of carbonyl (C=O) groups is 1. The first-order valence-corrected chi connectivity index (χ1v) is 8.26. The zero-order chi connectivity index (χ0) is 14.4. The zero-order valence-electron chi connectivity index (χ0n) is 11.2. The summed E-state index contributed by atoms with van der Waals surface area (Å²) in [5, 5.41) is -0.899. The lowest BCUT2D eigenvalue weighted by molar-refractivity contribution is 0.108. The van der Waals surface area contributed by atoms with Gasteiger partial charge in [0.1, 0.15) is 0 Å². The molecule has 19 heavy (non-hydrogen) atoms. The van der Waals surface area contributed by atoms with Gasteiger partial charge in [-0.05, 0) is 54.5 Å². The second-order valence-corrected chi connectivity index (χ2v) is 7.84. The van der Waals surface area contributed by atoms with Crippen molar-refractivity contribution in [1.82, 2.24) is 0 Å². The molecule has 1 fully saturated rings. The van der Waals surface area contributed by atoms with Crippen molar-refractivity contribution in [3.63, 3.8) is 0 Å². The smallest absolute Gasteiger partial charge is 0.252 e. The Bertz CT molecular complexity index is 628. The molecule has 0 amide bonds. The molecule has 0 aliphatic heterocycles. The Morgan fingerprint density at radius 3 is 2.32 bits per heavy atom. The molecule has 1 aliphatic carbocycles. The second-order valence-electron chi connectivity index (χ2n) is 5.33. The number of hydrogen-bond donors (Lipinski definition) is 0. The van der Waals surface area contributed by atoms with Crippen LogP contribution in [0.15, 0.2) is 17.0 Å². The molecule has 0 spiro atoms. The summed E-state index contributed by atoms with van der Waals surface area (Å²) in [5.74, 6) is 0.0849. The molecule has 0 unspecified atom stereocenters. The summed E-state index contributed by atoms with van der Waals surface area (Å²) >= 11 is 5.52. The van der Waals surface area contributed by atoms with Crippen LogP contribution in [-0.4, -0.2) is 18.9 Å². The number of carbonyl (C=O) groups excluding carboxylic acids is 1. The van der Waals surface area contributed by atoms with E-state index in [0.29, 0.717) is 23.3 Å². The molecule has 2 rings (SSSR count). The zero-order valence-corrected chi connectivity index (χ0v) is 12.8. The molecule has 0 aromatic heterocycles. The van der Waals surface area contributed by atoms with Crippen LogP contribution in [0.1, 0.15) is 54.1 Å². The van der Waals surface area contributed by atoms with Crippen LogP contribution in [0.25, 0.3) is 0 Å². The monoisotopic (exact) mass is 300 g/mol. The second kappa shape index (κ2) is 4.91. The number of halogens is 1. The number of rotatable bonds is 4. The van der Waals surface area contributed by atoms with Crippen LogP contribution < -0.4 is 0 Å². The maximum Gasteiger partial charge on any atom is 0.252 e. The Labute approximate surface area is 118 Å². The van der Waals surface area contributed by atoms with Crippen LogP contribution in [0, 0.1) is 6.92 Å². The summed E-state index contributed by atoms with van der Waals surface area (Å²) < 4.78 is 25.1. The normalized spacial score (nSPS) is 15.8. The highest BCUT2D eigenvalue weighted by molar-refractivity contribution is 7.92. The van der Waals surface area contributed by atoms with Crippen LogP contribution in [-0.2, 0) is 9.84 Å². The molecule has 104 valence electrons. The molecule has 1 aromatic carbocycles. The lowest BCUT2D eigenvalue weighted by Gasteiger charge is -2.17. The quantitative estimate of drug-likeness (QED) is 0.800. The Kier molecular flexibility index (Phi) is 3.76. The summed E-state index contributed by atoms with van der Waals surface area (Å²) in [6.07, 6.45) is 1.41. The number of sulfone groups is 1. The third-order valence-corrected chi connectivity index (χ3v) is 6.18. The highest BCUT2D eigenvalue weighted by atomic mass is 35.5. The molecule has 1 aromatic rings. The molecule has 0 saturated heterocycles. The Balaban J connectivity index is 2.74. The highest BCUT2D eigenvalue weighted by Crippen LogP contribution is 2.39. The minimum absolute atomic E-state index is 0.0849. The number of hydrogen-bond acceptors (Lipinski definition) is 3. The topological polar surface area (TPSA) is 51.2 Å². The lowest BCUT2D eigenvalue weighted by atomic mass is 9.98. The van der Waals surface area contributed by atoms with Crippen molar-refractivity contribution in [3.8, 4) is 0 Å². The van der Waals surface area contributed by atoms with E-state index in [4.69, 9.17) is 11.6 Å². The minimum Gasteiger partial charge on any atom is -0.276 e. The first-order valence-electron chi connectivity index (χ1n) is 6.34. The van der Waals surface area contributed by atoms with Gasteiger partial charge in [-0.15, -0.1) is 0 Å². The molecular weight excluding hydrogens is 284 g/mol. The first-order chi connectivity index (χ1) is 8.76. The predicted octanol–water partition coefficient (Wildman–Crippen LogP) is 3.43. The summed E-state index contributed by atoms with van der Waals surface area (Å²) in [6.45, 7) is 5.56. The summed E-state index contributed by atoms with van der Waals surface area (Å²) in [5.41, 5.74) is 1.54. The molecule has 0 heterocycles. The van der Waals surface area contributed by atoms with Crippen LogP contribution in [0.4, 0.5) is 0 Å². The fourth-order valence-corrected chi connectivity index (χ4v) is 4.77. The average molecular weight is 301 g/mol. The fraction of sp³-hybridized carbons (Fsp3) is 0.500. The molecule has 3 nitrogen and oxygen atoms in total. The van der Waals surface area contributed by atoms with E-state index in [0.717, 1.165) is 5.56 Å². The van der Waals surface area contributed by atoms with Gasteiger partial charge in [0.2, 0.25) is 0 Å². The van der Waals surface area contributed by atoms with E-state index in [1.54, 1.807) is 19.1 Å². The van der Waals surface area contributed by atoms with Gasteiger partial charge in [0.05, 0.1) is 10.1 Å². The van der Waals surface area contributed by atoms with Gasteiger partial charge in [-0.3, -0.25) is 4.79 Å². The fourth-order valence-electron chi connectivity index (χ4n) is 2.30. The maximum atomic E-state index is 12.6. The lowest BCUT2D eigenvalue weighted by Crippen LogP contribution is -2.14. The standard InChI is InChI=1S/C14H17ClO3S/c1-8(2)11-6-7-12(14(15)16)9(3)13(11)19(17,18)10-4-5-10/h6-8,10H,4-5H2,1-3H3. The van der Waals surface area contributed by atoms with Gasteiger partial charge >= 0.3 is 0 Å². The van der Waals surface area contributed by atoms with Gasteiger partial charge in [0.15, 0.2) is 9.84 Å². The first kappa shape index (κ1) is 14.5. The third-order valence-electron chi connectivity index (χ3n) is 3.52. The van der Waals surface area contributed by atoms with Gasteiger partial charge in [-0.1, -0.05) is 19.9 Å². The molecule has 1 aliphatic rings. The van der Waals surface area contributed by atoms with Gasteiger partial charge in [0, 0.05) is 5.56 Å². The minimum atomic E-state index is -3.34. The van der Waals surface area contributed by atoms with E-state index in [2.05, 4.69) is 0 Å². The Morgan fingerprint density at radius 2 is 1.89 bits per heavy atom. The van der Waals surface area contributed by atoms with Crippen LogP contribution in [0.5, 0.6) is 0 Å². The van der Waals surface area contributed by atoms with E-state index in [-0.39, 0.29) is 16.7 Å². The van der Waals surface area contributed by atoms with E-state index < -0.39 is 15.1 Å². The van der Waals surface area contributed by atoms with E-state index in [1.165, 1.54) is 0 Å². The van der Waals surface area contributed by atoms with Gasteiger partial charge in [0.25, 0.3) is 5.24 Å². The van der Waals surface area contributed by atoms with Gasteiger partial charge < -0.3 is 0 Å². The van der Waals surface area contributed by atoms with Crippen molar-refractivity contribution in [2.75, 3.05) is 0 Å². The third kappa shape index (κ3) is 2.56. The molecule has 0 N–H and O–H groups in total. The van der Waals surface area contributed by atoms with Crippen LogP contribution in [0.3, 0.4) is 0 Å². The average Bonchev–Trinajstić information content (AvgIpc) is 3.11. The molecule has 0 radical (unpaired) electrons. The van der Waals surface area contributed by atoms with E-state index >= 15 is 0 Å². The summed E-state index contributed by atoms with van der Waals surface area (Å²) in [4.78, 5) is 11.7. The van der Waals surface area contributed by atoms with Gasteiger partial charge in [-0.2, -0.15) is 0 Å². The Morgan fingerprint density at radius 1 is 1.32 bits per heavy atom. The largest absolute Gasteiger partial charge is 0.276 e. The number of benzene rings is 1. The molecule has 0 atom stereocenters. The van der Waals surface area contributed by atoms with Crippen molar-refractivity contribution in [3.05, 3.63) is 28.8 Å². The molecule has 1 saturated carbocycles. The SMILES string of the molecule is Cc1c(C(=O)Cl)ccc(C(C)C)c1S(=O)(=O)C1CC1. The summed E-state index contributed by atoms with van der Waals surface area (Å²) in [7, 11) is -3.34. The van der Waals surface area contributed by atoms with Crippen molar-refractivity contribution < 1.29 is 13.2 Å². The summed E-state index contributed by atoms with van der Waals surface area (Å²) in [6, 6.07) is 3.33. The highest BCUT2D eigenvalue weighted by Gasteiger charge is 2.39. The van der Waals surface area contributed by atoms with Crippen LogP contribution in [0.2, 0.25) is 0 Å².